The molecule has 49 heavy (non-hydrogen) atoms. The van der Waals surface area contributed by atoms with Crippen molar-refractivity contribution in [2.24, 2.45) is 0 Å². The van der Waals surface area contributed by atoms with Crippen LogP contribution in [0, 0.1) is 0 Å². The maximum atomic E-state index is 11.0. The van der Waals surface area contributed by atoms with Crippen LogP contribution in [0.2, 0.25) is 0 Å². The van der Waals surface area contributed by atoms with Gasteiger partial charge in [-0.15, -0.1) is 0 Å². The Morgan fingerprint density at radius 1 is 0.571 bits per heavy atom. The molecule has 0 N–H and O–H groups in total. The molecular weight excluding hydrogens is 610 g/mol. The zero-order valence-electron chi connectivity index (χ0n) is 28.1. The van der Waals surface area contributed by atoms with Crippen LogP contribution in [-0.2, 0) is 6.42 Å². The predicted molar refractivity (Wildman–Crippen MR) is 214 cm³/mol. The Hall–Kier alpha value is -4.97. The predicted octanol–water partition coefficient (Wildman–Crippen LogP) is 11.6. The Kier molecular flexibility index (Phi) is 28.1. The highest BCUT2D eigenvalue weighted by Crippen LogP contribution is 2.18. The second kappa shape index (κ2) is 27.0. The van der Waals surface area contributed by atoms with Gasteiger partial charge in [-0.05, 0) is 81.6 Å². The van der Waals surface area contributed by atoms with Crippen molar-refractivity contribution in [1.82, 2.24) is 0 Å². The molecule has 0 unspecified atom stereocenters. The Morgan fingerprint density at radius 2 is 0.959 bits per heavy atom. The summed E-state index contributed by atoms with van der Waals surface area (Å²) in [5, 5.41) is 0. The van der Waals surface area contributed by atoms with E-state index in [2.05, 4.69) is 13.5 Å². The number of ketones is 3. The number of carbonyl (C=O) groups is 3. The number of nitrogens with zero attached hydrogens (tertiary/aromatic N) is 1. The van der Waals surface area contributed by atoms with Crippen LogP contribution in [0.4, 0.5) is 5.69 Å². The standard InChI is InChI=1S/C11H12O.C10H12O.C9H13NO.C9H10O2.4CH4/c1-8(2)10-5-4-6-11(7-10)9(3)12;1-3-9-5-4-6-10(7-9)8(2)11;1-10(2)8-5-4-6-9(7-8)11-3;1-7(10)8-4-3-5-9(6-8)11-2;;;;/h4-7H,1H2,2-3H3;4-7H,3H2,1-2H3;4-7H,1-3H3;3-6H,1-2H3;4*1H4. The van der Waals surface area contributed by atoms with Gasteiger partial charge in [0.1, 0.15) is 11.5 Å². The summed E-state index contributed by atoms with van der Waals surface area (Å²) in [5.41, 5.74) is 6.63. The summed E-state index contributed by atoms with van der Waals surface area (Å²) < 4.78 is 10.0. The van der Waals surface area contributed by atoms with Gasteiger partial charge in [-0.1, -0.05) is 103 Å². The smallest absolute Gasteiger partial charge is 0.159 e. The van der Waals surface area contributed by atoms with Crippen LogP contribution in [0.15, 0.2) is 104 Å². The van der Waals surface area contributed by atoms with Gasteiger partial charge in [-0.25, -0.2) is 0 Å². The SMILES string of the molecule is C.C.C.C.C=C(C)c1cccc(C(C)=O)c1.CCc1cccc(C(C)=O)c1.COc1cccc(C(C)=O)c1.COc1cccc(N(C)C)c1. The average Bonchev–Trinajstić information content (AvgIpc) is 3.05. The lowest BCUT2D eigenvalue weighted by atomic mass is 10.0. The molecule has 0 radical (unpaired) electrons. The minimum atomic E-state index is 0. The molecule has 0 saturated heterocycles. The van der Waals surface area contributed by atoms with Gasteiger partial charge >= 0.3 is 0 Å². The number of benzene rings is 4. The fourth-order valence-electron chi connectivity index (χ4n) is 3.74. The third-order valence-corrected chi connectivity index (χ3v) is 6.55. The van der Waals surface area contributed by atoms with Crippen LogP contribution < -0.4 is 14.4 Å². The topological polar surface area (TPSA) is 72.9 Å². The number of hydrogen-bond donors (Lipinski definition) is 0. The van der Waals surface area contributed by atoms with Crippen molar-refractivity contribution >= 4 is 28.6 Å². The Labute approximate surface area is 298 Å². The van der Waals surface area contributed by atoms with E-state index in [4.69, 9.17) is 9.47 Å². The van der Waals surface area contributed by atoms with Crippen LogP contribution >= 0.6 is 0 Å². The van der Waals surface area contributed by atoms with Gasteiger partial charge in [0.25, 0.3) is 0 Å². The molecule has 0 spiro atoms. The molecule has 6 nitrogen and oxygen atoms in total. The van der Waals surface area contributed by atoms with Gasteiger partial charge in [-0.2, -0.15) is 0 Å². The highest BCUT2D eigenvalue weighted by atomic mass is 16.5. The van der Waals surface area contributed by atoms with E-state index in [1.807, 2.05) is 105 Å². The lowest BCUT2D eigenvalue weighted by Gasteiger charge is -2.12. The molecular formula is C43H63NO5. The number of rotatable bonds is 8. The van der Waals surface area contributed by atoms with E-state index in [0.717, 1.165) is 45.9 Å². The fourth-order valence-corrected chi connectivity index (χ4v) is 3.74. The zero-order valence-corrected chi connectivity index (χ0v) is 28.1. The van der Waals surface area contributed by atoms with E-state index in [0.29, 0.717) is 5.56 Å². The van der Waals surface area contributed by atoms with Crippen LogP contribution in [0.25, 0.3) is 5.57 Å². The lowest BCUT2D eigenvalue weighted by molar-refractivity contribution is 0.100. The van der Waals surface area contributed by atoms with Crippen molar-refractivity contribution in [3.63, 3.8) is 0 Å². The average molecular weight is 674 g/mol. The summed E-state index contributed by atoms with van der Waals surface area (Å²) in [6.07, 6.45) is 0.987. The van der Waals surface area contributed by atoms with Gasteiger partial charge in [0, 0.05) is 42.5 Å². The van der Waals surface area contributed by atoms with E-state index < -0.39 is 0 Å². The van der Waals surface area contributed by atoms with Crippen LogP contribution in [0.5, 0.6) is 11.5 Å². The van der Waals surface area contributed by atoms with Crippen molar-refractivity contribution in [2.75, 3.05) is 33.2 Å². The molecule has 0 atom stereocenters. The first kappa shape index (κ1) is 50.9. The molecule has 4 aromatic rings. The normalized spacial score (nSPS) is 8.67. The Morgan fingerprint density at radius 3 is 1.39 bits per heavy atom. The lowest BCUT2D eigenvalue weighted by Crippen LogP contribution is -2.08. The Balaban J connectivity index is -0.000000268. The number of methoxy groups -OCH3 is 2. The summed E-state index contributed by atoms with van der Waals surface area (Å²) in [6.45, 7) is 12.5. The van der Waals surface area contributed by atoms with Crippen molar-refractivity contribution in [3.8, 4) is 11.5 Å². The molecule has 6 heteroatoms. The molecule has 4 rings (SSSR count). The van der Waals surface area contributed by atoms with Crippen molar-refractivity contribution in [3.05, 3.63) is 131 Å². The molecule has 4 aromatic carbocycles. The minimum Gasteiger partial charge on any atom is -0.497 e. The second-order valence-corrected chi connectivity index (χ2v) is 10.4. The first-order valence-corrected chi connectivity index (χ1v) is 14.7. The second-order valence-electron chi connectivity index (χ2n) is 10.4. The highest BCUT2D eigenvalue weighted by Gasteiger charge is 2.01. The molecule has 0 saturated carbocycles. The number of carbonyl (C=O) groups excluding carboxylic acids is 3. The van der Waals surface area contributed by atoms with Gasteiger partial charge in [-0.3, -0.25) is 14.4 Å². The third-order valence-electron chi connectivity index (χ3n) is 6.55. The van der Waals surface area contributed by atoms with Crippen LogP contribution in [0.3, 0.4) is 0 Å². The molecule has 0 heterocycles. The maximum absolute atomic E-state index is 11.0. The summed E-state index contributed by atoms with van der Waals surface area (Å²) >= 11 is 0. The van der Waals surface area contributed by atoms with Crippen LogP contribution in [-0.4, -0.2) is 45.7 Å². The number of Topliss-reactive ketones (excluding diaryl/α,β-unsaturated/α-hetero) is 3. The van der Waals surface area contributed by atoms with Gasteiger partial charge in [0.15, 0.2) is 17.3 Å². The largest absolute Gasteiger partial charge is 0.497 e. The molecule has 0 aliphatic heterocycles. The summed E-state index contributed by atoms with van der Waals surface area (Å²) in [4.78, 5) is 34.8. The number of ether oxygens (including phenoxy) is 2. The summed E-state index contributed by atoms with van der Waals surface area (Å²) in [6, 6.07) is 30.3. The highest BCUT2D eigenvalue weighted by molar-refractivity contribution is 5.95. The van der Waals surface area contributed by atoms with Crippen LogP contribution in [0.1, 0.15) is 107 Å². The third kappa shape index (κ3) is 19.4. The molecule has 270 valence electrons. The monoisotopic (exact) mass is 673 g/mol. The maximum Gasteiger partial charge on any atom is 0.159 e. The molecule has 0 aliphatic rings. The van der Waals surface area contributed by atoms with E-state index >= 15 is 0 Å². The van der Waals surface area contributed by atoms with Crippen molar-refractivity contribution in [1.29, 1.82) is 0 Å². The summed E-state index contributed by atoms with van der Waals surface area (Å²) in [7, 11) is 7.28. The minimum absolute atomic E-state index is 0. The summed E-state index contributed by atoms with van der Waals surface area (Å²) in [5.74, 6) is 1.91. The molecule has 0 aromatic heterocycles. The van der Waals surface area contributed by atoms with Crippen molar-refractivity contribution in [2.45, 2.75) is 70.7 Å². The first-order valence-electron chi connectivity index (χ1n) is 14.7. The number of allylic oxidation sites excluding steroid dienone is 1. The number of aryl methyl sites for hydroxylation is 1. The fraction of sp³-hybridized carbons (Fsp3) is 0.326. The van der Waals surface area contributed by atoms with Crippen molar-refractivity contribution < 1.29 is 23.9 Å². The van der Waals surface area contributed by atoms with Gasteiger partial charge in [0.2, 0.25) is 0 Å². The first-order chi connectivity index (χ1) is 21.3. The zero-order chi connectivity index (χ0) is 33.9. The quantitative estimate of drug-likeness (QED) is 0.173. The van der Waals surface area contributed by atoms with E-state index in [-0.39, 0.29) is 47.1 Å². The molecule has 0 bridgehead atoms. The molecule has 0 amide bonds. The van der Waals surface area contributed by atoms with Gasteiger partial charge in [0.05, 0.1) is 14.2 Å². The number of anilines is 1. The molecule has 0 fully saturated rings. The molecule has 0 aliphatic carbocycles. The van der Waals surface area contributed by atoms with E-state index in [9.17, 15) is 14.4 Å². The number of hydrogen-bond acceptors (Lipinski definition) is 6. The van der Waals surface area contributed by atoms with E-state index in [1.54, 1.807) is 46.3 Å². The van der Waals surface area contributed by atoms with E-state index in [1.165, 1.54) is 12.5 Å². The Bertz CT molecular complexity index is 1470. The van der Waals surface area contributed by atoms with Gasteiger partial charge < -0.3 is 14.4 Å².